The van der Waals surface area contributed by atoms with Gasteiger partial charge in [-0.2, -0.15) is 0 Å². The lowest BCUT2D eigenvalue weighted by atomic mass is 9.90. The number of nitrogens with one attached hydrogen (secondary N) is 1. The van der Waals surface area contributed by atoms with Gasteiger partial charge in [-0.15, -0.1) is 11.3 Å². The van der Waals surface area contributed by atoms with E-state index in [1.807, 2.05) is 25.1 Å². The number of halogens is 1. The third-order valence-corrected chi connectivity index (χ3v) is 6.04. The summed E-state index contributed by atoms with van der Waals surface area (Å²) in [4.78, 5) is 26.2. The van der Waals surface area contributed by atoms with E-state index < -0.39 is 5.97 Å². The summed E-state index contributed by atoms with van der Waals surface area (Å²) in [6, 6.07) is 9.01. The number of benzene rings is 1. The predicted molar refractivity (Wildman–Crippen MR) is 104 cm³/mol. The van der Waals surface area contributed by atoms with Gasteiger partial charge in [-0.1, -0.05) is 30.7 Å². The number of hydrogen-bond donors (Lipinski definition) is 1. The molecule has 26 heavy (non-hydrogen) atoms. The lowest BCUT2D eigenvalue weighted by Crippen LogP contribution is -2.31. The summed E-state index contributed by atoms with van der Waals surface area (Å²) in [5, 5.41) is 3.43. The number of amides is 1. The summed E-state index contributed by atoms with van der Waals surface area (Å²) in [6.45, 7) is 3.80. The fraction of sp³-hybridized carbons (Fsp3) is 0.400. The van der Waals surface area contributed by atoms with Crippen LogP contribution in [0.3, 0.4) is 0 Å². The van der Waals surface area contributed by atoms with E-state index in [1.165, 1.54) is 21.8 Å². The van der Waals surface area contributed by atoms with Gasteiger partial charge in [0, 0.05) is 9.90 Å². The molecule has 1 heterocycles. The minimum Gasteiger partial charge on any atom is -0.451 e. The van der Waals surface area contributed by atoms with Crippen molar-refractivity contribution in [3.05, 3.63) is 56.2 Å². The summed E-state index contributed by atoms with van der Waals surface area (Å²) in [5.74, 6) is -0.108. The third-order valence-electron chi connectivity index (χ3n) is 4.59. The zero-order valence-electron chi connectivity index (χ0n) is 14.9. The molecule has 0 radical (unpaired) electrons. The van der Waals surface area contributed by atoms with Crippen molar-refractivity contribution in [3.63, 3.8) is 0 Å². The fourth-order valence-electron chi connectivity index (χ4n) is 3.15. The summed E-state index contributed by atoms with van der Waals surface area (Å²) >= 11 is 7.46. The summed E-state index contributed by atoms with van der Waals surface area (Å²) in [6.07, 6.45) is 3.19. The minimum atomic E-state index is -0.428. The molecule has 0 saturated heterocycles. The van der Waals surface area contributed by atoms with Crippen LogP contribution in [0.2, 0.25) is 5.02 Å². The van der Waals surface area contributed by atoms with Crippen LogP contribution < -0.4 is 5.32 Å². The molecule has 0 fully saturated rings. The van der Waals surface area contributed by atoms with E-state index in [2.05, 4.69) is 12.2 Å². The number of rotatable bonds is 5. The smallest absolute Gasteiger partial charge is 0.348 e. The molecule has 1 aromatic heterocycles. The van der Waals surface area contributed by atoms with Gasteiger partial charge in [-0.05, 0) is 61.4 Å². The SMILES string of the molecule is C[C@H]1CCc2sc(C(=O)OCC(=O)N[C@@H](C)c3cccc(Cl)c3)cc2C1. The lowest BCUT2D eigenvalue weighted by molar-refractivity contribution is -0.124. The maximum absolute atomic E-state index is 12.2. The van der Waals surface area contributed by atoms with Crippen molar-refractivity contribution in [2.45, 2.75) is 39.2 Å². The molecule has 2 atom stereocenters. The third kappa shape index (κ3) is 4.65. The molecule has 0 saturated carbocycles. The van der Waals surface area contributed by atoms with Crippen LogP contribution in [-0.4, -0.2) is 18.5 Å². The van der Waals surface area contributed by atoms with Gasteiger partial charge in [0.05, 0.1) is 6.04 Å². The largest absolute Gasteiger partial charge is 0.451 e. The molecule has 1 aromatic carbocycles. The Kier molecular flexibility index (Phi) is 5.99. The number of aryl methyl sites for hydroxylation is 1. The average molecular weight is 392 g/mol. The van der Waals surface area contributed by atoms with Crippen LogP contribution in [0.1, 0.15) is 52.0 Å². The van der Waals surface area contributed by atoms with Crippen LogP contribution in [0.25, 0.3) is 0 Å². The van der Waals surface area contributed by atoms with E-state index in [9.17, 15) is 9.59 Å². The molecule has 2 aromatic rings. The Hall–Kier alpha value is -1.85. The van der Waals surface area contributed by atoms with Gasteiger partial charge in [-0.25, -0.2) is 4.79 Å². The summed E-state index contributed by atoms with van der Waals surface area (Å²) < 4.78 is 5.19. The first-order valence-corrected chi connectivity index (χ1v) is 9.95. The Bertz CT molecular complexity index is 817. The number of esters is 1. The van der Waals surface area contributed by atoms with Crippen LogP contribution in [0.5, 0.6) is 0 Å². The van der Waals surface area contributed by atoms with E-state index in [4.69, 9.17) is 16.3 Å². The molecular weight excluding hydrogens is 370 g/mol. The number of hydrogen-bond acceptors (Lipinski definition) is 4. The highest BCUT2D eigenvalue weighted by Crippen LogP contribution is 2.32. The number of fused-ring (bicyclic) bond motifs is 1. The first-order chi connectivity index (χ1) is 12.4. The summed E-state index contributed by atoms with van der Waals surface area (Å²) in [7, 11) is 0. The van der Waals surface area contributed by atoms with Crippen molar-refractivity contribution in [2.75, 3.05) is 6.61 Å². The van der Waals surface area contributed by atoms with E-state index in [0.29, 0.717) is 15.8 Å². The molecule has 0 aliphatic heterocycles. The highest BCUT2D eigenvalue weighted by Gasteiger charge is 2.22. The Morgan fingerprint density at radius 3 is 2.96 bits per heavy atom. The monoisotopic (exact) mass is 391 g/mol. The highest BCUT2D eigenvalue weighted by atomic mass is 35.5. The van der Waals surface area contributed by atoms with E-state index in [1.54, 1.807) is 12.1 Å². The second kappa shape index (κ2) is 8.23. The van der Waals surface area contributed by atoms with Gasteiger partial charge in [0.1, 0.15) is 4.88 Å². The van der Waals surface area contributed by atoms with Gasteiger partial charge >= 0.3 is 5.97 Å². The Morgan fingerprint density at radius 1 is 1.38 bits per heavy atom. The van der Waals surface area contributed by atoms with E-state index in [0.717, 1.165) is 24.8 Å². The number of carbonyl (C=O) groups is 2. The van der Waals surface area contributed by atoms with Gasteiger partial charge < -0.3 is 10.1 Å². The molecular formula is C20H22ClNO3S. The Balaban J connectivity index is 1.52. The molecule has 0 bridgehead atoms. The molecule has 0 spiro atoms. The molecule has 1 aliphatic carbocycles. The molecule has 138 valence electrons. The van der Waals surface area contributed by atoms with Crippen LogP contribution in [0, 0.1) is 5.92 Å². The van der Waals surface area contributed by atoms with Crippen LogP contribution in [0.15, 0.2) is 30.3 Å². The van der Waals surface area contributed by atoms with E-state index >= 15 is 0 Å². The van der Waals surface area contributed by atoms with Crippen LogP contribution in [0.4, 0.5) is 0 Å². The zero-order chi connectivity index (χ0) is 18.7. The van der Waals surface area contributed by atoms with Crippen LogP contribution in [-0.2, 0) is 22.4 Å². The first kappa shape index (κ1) is 18.9. The molecule has 1 amide bonds. The number of thiophene rings is 1. The standard InChI is InChI=1S/C20H22ClNO3S/c1-12-6-7-17-15(8-12)10-18(26-17)20(24)25-11-19(23)22-13(2)14-4-3-5-16(21)9-14/h3-5,9-10,12-13H,6-8,11H2,1-2H3,(H,22,23)/t12-,13-/m0/s1. The van der Waals surface area contributed by atoms with E-state index in [-0.39, 0.29) is 18.6 Å². The van der Waals surface area contributed by atoms with Crippen molar-refractivity contribution in [3.8, 4) is 0 Å². The zero-order valence-corrected chi connectivity index (χ0v) is 16.5. The van der Waals surface area contributed by atoms with Crippen LogP contribution >= 0.6 is 22.9 Å². The molecule has 3 rings (SSSR count). The van der Waals surface area contributed by atoms with Crippen molar-refractivity contribution in [2.24, 2.45) is 5.92 Å². The Morgan fingerprint density at radius 2 is 2.19 bits per heavy atom. The first-order valence-electron chi connectivity index (χ1n) is 8.76. The van der Waals surface area contributed by atoms with Crippen molar-refractivity contribution < 1.29 is 14.3 Å². The maximum atomic E-state index is 12.2. The normalized spacial score (nSPS) is 17.3. The van der Waals surface area contributed by atoms with Gasteiger partial charge in [-0.3, -0.25) is 4.79 Å². The van der Waals surface area contributed by atoms with Crippen molar-refractivity contribution in [1.82, 2.24) is 5.32 Å². The molecule has 6 heteroatoms. The fourth-order valence-corrected chi connectivity index (χ4v) is 4.45. The predicted octanol–water partition coefficient (Wildman–Crippen LogP) is 4.56. The van der Waals surface area contributed by atoms with Gasteiger partial charge in [0.25, 0.3) is 5.91 Å². The minimum absolute atomic E-state index is 0.213. The molecule has 1 N–H and O–H groups in total. The average Bonchev–Trinajstić information content (AvgIpc) is 3.02. The second-order valence-electron chi connectivity index (χ2n) is 6.83. The van der Waals surface area contributed by atoms with Crippen molar-refractivity contribution >= 4 is 34.8 Å². The van der Waals surface area contributed by atoms with Gasteiger partial charge in [0.2, 0.25) is 0 Å². The lowest BCUT2D eigenvalue weighted by Gasteiger charge is -2.16. The second-order valence-corrected chi connectivity index (χ2v) is 8.40. The molecule has 4 nitrogen and oxygen atoms in total. The quantitative estimate of drug-likeness (QED) is 0.760. The highest BCUT2D eigenvalue weighted by molar-refractivity contribution is 7.14. The Labute approximate surface area is 162 Å². The topological polar surface area (TPSA) is 55.4 Å². The molecule has 0 unspecified atom stereocenters. The summed E-state index contributed by atoms with van der Waals surface area (Å²) in [5.41, 5.74) is 2.15. The maximum Gasteiger partial charge on any atom is 0.348 e. The number of carbonyl (C=O) groups excluding carboxylic acids is 2. The van der Waals surface area contributed by atoms with Gasteiger partial charge in [0.15, 0.2) is 6.61 Å². The van der Waals surface area contributed by atoms with Crippen molar-refractivity contribution in [1.29, 1.82) is 0 Å². The molecule has 1 aliphatic rings. The number of ether oxygens (including phenoxy) is 1.